The number of allylic oxidation sites excluding steroid dienone is 1. The molecule has 1 aliphatic heterocycles. The third kappa shape index (κ3) is 2.12. The number of benzene rings is 3. The van der Waals surface area contributed by atoms with Gasteiger partial charge in [-0.05, 0) is 28.5 Å². The molecule has 1 atom stereocenters. The second-order valence-electron chi connectivity index (χ2n) is 5.64. The Bertz CT molecular complexity index is 1030. The molecule has 0 saturated carbocycles. The maximum absolute atomic E-state index is 9.67. The van der Waals surface area contributed by atoms with Crippen molar-refractivity contribution in [2.45, 2.75) is 5.92 Å². The van der Waals surface area contributed by atoms with Crippen LogP contribution in [-0.2, 0) is 0 Å². The first kappa shape index (κ1) is 14.6. The fraction of sp³-hybridized carbons (Fsp3) is 0.0500. The first-order valence-electron chi connectivity index (χ1n) is 7.54. The van der Waals surface area contributed by atoms with Crippen LogP contribution in [0, 0.1) is 11.3 Å². The van der Waals surface area contributed by atoms with Crippen LogP contribution >= 0.6 is 11.6 Å². The van der Waals surface area contributed by atoms with Gasteiger partial charge >= 0.3 is 0 Å². The molecule has 4 heteroatoms. The second kappa shape index (κ2) is 5.59. The molecule has 0 aliphatic carbocycles. The van der Waals surface area contributed by atoms with Crippen molar-refractivity contribution in [2.75, 3.05) is 0 Å². The van der Waals surface area contributed by atoms with Crippen molar-refractivity contribution in [1.29, 1.82) is 5.26 Å². The lowest BCUT2D eigenvalue weighted by atomic mass is 9.81. The van der Waals surface area contributed by atoms with Gasteiger partial charge in [0.2, 0.25) is 5.88 Å². The molecule has 116 valence electrons. The predicted molar refractivity (Wildman–Crippen MR) is 94.7 cm³/mol. The minimum atomic E-state index is -0.349. The van der Waals surface area contributed by atoms with Crippen molar-refractivity contribution in [2.24, 2.45) is 5.73 Å². The van der Waals surface area contributed by atoms with Gasteiger partial charge in [0, 0.05) is 10.6 Å². The molecular weight excluding hydrogens is 320 g/mol. The number of fused-ring (bicyclic) bond motifs is 3. The van der Waals surface area contributed by atoms with Crippen LogP contribution < -0.4 is 10.5 Å². The zero-order chi connectivity index (χ0) is 16.7. The summed E-state index contributed by atoms with van der Waals surface area (Å²) in [4.78, 5) is 0. The van der Waals surface area contributed by atoms with Crippen molar-refractivity contribution in [3.8, 4) is 11.8 Å². The van der Waals surface area contributed by atoms with Crippen molar-refractivity contribution >= 4 is 22.4 Å². The quantitative estimate of drug-likeness (QED) is 0.702. The number of ether oxygens (including phenoxy) is 1. The summed E-state index contributed by atoms with van der Waals surface area (Å²) in [6, 6.07) is 21.6. The topological polar surface area (TPSA) is 59.0 Å². The number of halogens is 1. The molecule has 0 saturated heterocycles. The van der Waals surface area contributed by atoms with Gasteiger partial charge in [0.05, 0.1) is 5.92 Å². The van der Waals surface area contributed by atoms with E-state index in [0.29, 0.717) is 16.3 Å². The summed E-state index contributed by atoms with van der Waals surface area (Å²) >= 11 is 6.43. The molecule has 1 heterocycles. The average Bonchev–Trinajstić information content (AvgIpc) is 2.61. The van der Waals surface area contributed by atoms with Gasteiger partial charge < -0.3 is 10.5 Å². The molecule has 0 bridgehead atoms. The molecular formula is C20H13ClN2O. The summed E-state index contributed by atoms with van der Waals surface area (Å²) in [6.07, 6.45) is 0. The predicted octanol–water partition coefficient (Wildman–Crippen LogP) is 4.71. The highest BCUT2D eigenvalue weighted by atomic mass is 35.5. The van der Waals surface area contributed by atoms with E-state index in [1.54, 1.807) is 0 Å². The zero-order valence-electron chi connectivity index (χ0n) is 12.7. The Morgan fingerprint density at radius 1 is 1.00 bits per heavy atom. The van der Waals surface area contributed by atoms with Gasteiger partial charge in [-0.2, -0.15) is 5.26 Å². The third-order valence-electron chi connectivity index (χ3n) is 4.33. The molecule has 0 amide bonds. The fourth-order valence-electron chi connectivity index (χ4n) is 3.26. The maximum Gasteiger partial charge on any atom is 0.205 e. The van der Waals surface area contributed by atoms with Gasteiger partial charge in [0.15, 0.2) is 0 Å². The molecule has 3 aromatic rings. The van der Waals surface area contributed by atoms with Gasteiger partial charge in [-0.25, -0.2) is 0 Å². The fourth-order valence-corrected chi connectivity index (χ4v) is 3.51. The monoisotopic (exact) mass is 332 g/mol. The van der Waals surface area contributed by atoms with E-state index in [1.165, 1.54) is 0 Å². The highest BCUT2D eigenvalue weighted by molar-refractivity contribution is 6.31. The van der Waals surface area contributed by atoms with E-state index in [0.717, 1.165) is 21.9 Å². The normalized spacial score (nSPS) is 16.4. The number of hydrogen-bond donors (Lipinski definition) is 1. The van der Waals surface area contributed by atoms with E-state index in [2.05, 4.69) is 6.07 Å². The van der Waals surface area contributed by atoms with Gasteiger partial charge in [-0.1, -0.05) is 60.1 Å². The van der Waals surface area contributed by atoms with E-state index < -0.39 is 0 Å². The highest BCUT2D eigenvalue weighted by Gasteiger charge is 2.33. The van der Waals surface area contributed by atoms with Crippen LogP contribution in [0.15, 0.2) is 72.1 Å². The maximum atomic E-state index is 9.67. The van der Waals surface area contributed by atoms with E-state index in [9.17, 15) is 5.26 Å². The number of rotatable bonds is 1. The molecule has 4 rings (SSSR count). The summed E-state index contributed by atoms with van der Waals surface area (Å²) < 4.78 is 5.73. The van der Waals surface area contributed by atoms with Crippen LogP contribution in [0.5, 0.6) is 5.75 Å². The molecule has 2 N–H and O–H groups in total. The second-order valence-corrected chi connectivity index (χ2v) is 6.05. The van der Waals surface area contributed by atoms with Crippen molar-refractivity contribution in [1.82, 2.24) is 0 Å². The van der Waals surface area contributed by atoms with Gasteiger partial charge in [0.25, 0.3) is 0 Å². The molecule has 24 heavy (non-hydrogen) atoms. The minimum Gasteiger partial charge on any atom is -0.440 e. The summed E-state index contributed by atoms with van der Waals surface area (Å²) in [7, 11) is 0. The van der Waals surface area contributed by atoms with Crippen LogP contribution in [0.2, 0.25) is 5.02 Å². The Morgan fingerprint density at radius 3 is 2.54 bits per heavy atom. The molecule has 0 aromatic heterocycles. The third-order valence-corrected chi connectivity index (χ3v) is 4.67. The molecule has 0 fully saturated rings. The van der Waals surface area contributed by atoms with Gasteiger partial charge in [0.1, 0.15) is 17.4 Å². The number of nitrogens with zero attached hydrogens (tertiary/aromatic N) is 1. The molecule has 3 nitrogen and oxygen atoms in total. The van der Waals surface area contributed by atoms with Gasteiger partial charge in [-0.15, -0.1) is 0 Å². The smallest absolute Gasteiger partial charge is 0.205 e. The Labute approximate surface area is 144 Å². The SMILES string of the molecule is N#CC1=C(N)Oc2ccc3ccccc3c2C1c1ccccc1Cl. The Morgan fingerprint density at radius 2 is 1.75 bits per heavy atom. The van der Waals surface area contributed by atoms with Crippen LogP contribution in [0.25, 0.3) is 10.8 Å². The summed E-state index contributed by atoms with van der Waals surface area (Å²) in [5, 5.41) is 12.4. The number of hydrogen-bond acceptors (Lipinski definition) is 3. The molecule has 0 spiro atoms. The lowest BCUT2D eigenvalue weighted by molar-refractivity contribution is 0.395. The largest absolute Gasteiger partial charge is 0.440 e. The van der Waals surface area contributed by atoms with Crippen LogP contribution in [0.3, 0.4) is 0 Å². The van der Waals surface area contributed by atoms with Crippen LogP contribution in [0.1, 0.15) is 17.0 Å². The molecule has 1 aliphatic rings. The van der Waals surface area contributed by atoms with Gasteiger partial charge in [-0.3, -0.25) is 0 Å². The van der Waals surface area contributed by atoms with Crippen molar-refractivity contribution in [3.05, 3.63) is 88.3 Å². The molecule has 1 unspecified atom stereocenters. The van der Waals surface area contributed by atoms with Crippen LogP contribution in [0.4, 0.5) is 0 Å². The van der Waals surface area contributed by atoms with E-state index in [1.807, 2.05) is 60.7 Å². The minimum absolute atomic E-state index is 0.130. The summed E-state index contributed by atoms with van der Waals surface area (Å²) in [6.45, 7) is 0. The van der Waals surface area contributed by atoms with E-state index in [4.69, 9.17) is 22.1 Å². The Hall–Kier alpha value is -2.96. The summed E-state index contributed by atoms with van der Waals surface area (Å²) in [5.74, 6) is 0.443. The van der Waals surface area contributed by atoms with E-state index >= 15 is 0 Å². The van der Waals surface area contributed by atoms with Crippen molar-refractivity contribution in [3.63, 3.8) is 0 Å². The first-order valence-corrected chi connectivity index (χ1v) is 7.92. The van der Waals surface area contributed by atoms with Crippen molar-refractivity contribution < 1.29 is 4.74 Å². The average molecular weight is 333 g/mol. The van der Waals surface area contributed by atoms with E-state index in [-0.39, 0.29) is 11.8 Å². The Kier molecular flexibility index (Phi) is 3.41. The summed E-state index contributed by atoms with van der Waals surface area (Å²) in [5.41, 5.74) is 8.17. The molecule has 0 radical (unpaired) electrons. The Balaban J connectivity index is 2.10. The lowest BCUT2D eigenvalue weighted by Gasteiger charge is -2.28. The first-order chi connectivity index (χ1) is 11.7. The number of nitrogens with two attached hydrogens (primary N) is 1. The lowest BCUT2D eigenvalue weighted by Crippen LogP contribution is -2.21. The molecule has 3 aromatic carbocycles. The number of nitriles is 1. The standard InChI is InChI=1S/C20H13ClN2O/c21-16-8-4-3-7-14(16)18-15(11-22)20(23)24-17-10-9-12-5-1-2-6-13(12)19(17)18/h1-10,18H,23H2. The van der Waals surface area contributed by atoms with Crippen LogP contribution in [-0.4, -0.2) is 0 Å². The zero-order valence-corrected chi connectivity index (χ0v) is 13.4. The highest BCUT2D eigenvalue weighted by Crippen LogP contribution is 2.46.